The Morgan fingerprint density at radius 2 is 1.95 bits per heavy atom. The minimum Gasteiger partial charge on any atom is -0.392 e. The Morgan fingerprint density at radius 1 is 1.26 bits per heavy atom. The Labute approximate surface area is 115 Å². The average Bonchev–Trinajstić information content (AvgIpc) is 2.47. The standard InChI is InChI=1S/C14H21NO3S/c1-2-13-5-3-4-10-15(13)19(17,18)14-8-6-12(11-16)7-9-14/h6-9,13,16H,2-5,10-11H2,1H3. The molecule has 4 nitrogen and oxygen atoms in total. The number of nitrogens with zero attached hydrogens (tertiary/aromatic N) is 1. The Hall–Kier alpha value is -0.910. The van der Waals surface area contributed by atoms with Gasteiger partial charge in [-0.3, -0.25) is 0 Å². The Balaban J connectivity index is 2.29. The number of aliphatic hydroxyl groups excluding tert-OH is 1. The van der Waals surface area contributed by atoms with Crippen LogP contribution in [-0.2, 0) is 16.6 Å². The van der Waals surface area contributed by atoms with Crippen LogP contribution in [0, 0.1) is 0 Å². The molecule has 1 aliphatic heterocycles. The molecule has 0 aliphatic carbocycles. The van der Waals surface area contributed by atoms with Crippen molar-refractivity contribution in [2.24, 2.45) is 0 Å². The van der Waals surface area contributed by atoms with E-state index in [-0.39, 0.29) is 12.6 Å². The molecular weight excluding hydrogens is 262 g/mol. The number of hydrogen-bond acceptors (Lipinski definition) is 3. The molecule has 1 aromatic rings. The summed E-state index contributed by atoms with van der Waals surface area (Å²) in [6, 6.07) is 6.62. The van der Waals surface area contributed by atoms with Gasteiger partial charge >= 0.3 is 0 Å². The predicted octanol–water partition coefficient (Wildman–Crippen LogP) is 2.13. The minimum absolute atomic E-state index is 0.0678. The number of hydrogen-bond donors (Lipinski definition) is 1. The second kappa shape index (κ2) is 6.03. The maximum absolute atomic E-state index is 12.6. The van der Waals surface area contributed by atoms with E-state index in [0.29, 0.717) is 11.4 Å². The van der Waals surface area contributed by atoms with Gasteiger partial charge in [0.2, 0.25) is 10.0 Å². The normalized spacial score (nSPS) is 21.5. The molecule has 1 N–H and O–H groups in total. The van der Waals surface area contributed by atoms with Gasteiger partial charge in [-0.15, -0.1) is 0 Å². The number of benzene rings is 1. The summed E-state index contributed by atoms with van der Waals surface area (Å²) in [7, 11) is -3.40. The van der Waals surface area contributed by atoms with E-state index in [9.17, 15) is 8.42 Å². The molecule has 1 aliphatic rings. The molecule has 0 bridgehead atoms. The van der Waals surface area contributed by atoms with Gasteiger partial charge in [0.1, 0.15) is 0 Å². The van der Waals surface area contributed by atoms with Crippen LogP contribution in [0.2, 0.25) is 0 Å². The molecular formula is C14H21NO3S. The van der Waals surface area contributed by atoms with Gasteiger partial charge in [-0.05, 0) is 37.0 Å². The summed E-state index contributed by atoms with van der Waals surface area (Å²) in [5, 5.41) is 9.00. The molecule has 1 heterocycles. The van der Waals surface area contributed by atoms with Gasteiger partial charge in [-0.25, -0.2) is 8.42 Å². The molecule has 1 aromatic carbocycles. The summed E-state index contributed by atoms with van der Waals surface area (Å²) >= 11 is 0. The van der Waals surface area contributed by atoms with E-state index in [1.807, 2.05) is 6.92 Å². The molecule has 0 saturated carbocycles. The number of sulfonamides is 1. The lowest BCUT2D eigenvalue weighted by Gasteiger charge is -2.34. The molecule has 0 amide bonds. The first-order valence-corrected chi connectivity index (χ1v) is 8.25. The second-order valence-electron chi connectivity index (χ2n) is 4.98. The summed E-state index contributed by atoms with van der Waals surface area (Å²) in [5.41, 5.74) is 0.727. The van der Waals surface area contributed by atoms with Gasteiger partial charge in [0, 0.05) is 12.6 Å². The van der Waals surface area contributed by atoms with Crippen LogP contribution in [0.15, 0.2) is 29.2 Å². The third kappa shape index (κ3) is 2.99. The fourth-order valence-electron chi connectivity index (χ4n) is 2.60. The maximum Gasteiger partial charge on any atom is 0.243 e. The highest BCUT2D eigenvalue weighted by Gasteiger charge is 2.32. The summed E-state index contributed by atoms with van der Waals surface area (Å²) in [5.74, 6) is 0. The third-order valence-corrected chi connectivity index (χ3v) is 5.72. The summed E-state index contributed by atoms with van der Waals surface area (Å²) in [6.07, 6.45) is 3.84. The minimum atomic E-state index is -3.40. The van der Waals surface area contributed by atoms with Crippen LogP contribution in [0.1, 0.15) is 38.2 Å². The van der Waals surface area contributed by atoms with E-state index in [4.69, 9.17) is 5.11 Å². The van der Waals surface area contributed by atoms with Gasteiger partial charge in [0.25, 0.3) is 0 Å². The van der Waals surface area contributed by atoms with E-state index in [2.05, 4.69) is 0 Å². The first-order valence-electron chi connectivity index (χ1n) is 6.81. The SMILES string of the molecule is CCC1CCCCN1S(=O)(=O)c1ccc(CO)cc1. The van der Waals surface area contributed by atoms with Crippen LogP contribution < -0.4 is 0 Å². The lowest BCUT2D eigenvalue weighted by molar-refractivity contribution is 0.246. The van der Waals surface area contributed by atoms with Crippen LogP contribution in [0.5, 0.6) is 0 Å². The van der Waals surface area contributed by atoms with Gasteiger partial charge in [0.15, 0.2) is 0 Å². The predicted molar refractivity (Wildman–Crippen MR) is 74.2 cm³/mol. The largest absolute Gasteiger partial charge is 0.392 e. The molecule has 0 spiro atoms. The van der Waals surface area contributed by atoms with Crippen molar-refractivity contribution in [1.82, 2.24) is 4.31 Å². The Kier molecular flexibility index (Phi) is 4.60. The van der Waals surface area contributed by atoms with Gasteiger partial charge in [0.05, 0.1) is 11.5 Å². The van der Waals surface area contributed by atoms with Crippen molar-refractivity contribution in [2.45, 2.75) is 50.2 Å². The zero-order valence-corrected chi connectivity index (χ0v) is 12.1. The molecule has 1 fully saturated rings. The zero-order chi connectivity index (χ0) is 13.9. The van der Waals surface area contributed by atoms with Crippen LogP contribution in [0.25, 0.3) is 0 Å². The molecule has 1 unspecified atom stereocenters. The molecule has 19 heavy (non-hydrogen) atoms. The maximum atomic E-state index is 12.6. The van der Waals surface area contributed by atoms with Gasteiger partial charge in [-0.1, -0.05) is 25.5 Å². The topological polar surface area (TPSA) is 57.6 Å². The molecule has 106 valence electrons. The number of piperidine rings is 1. The Bertz CT molecular complexity index is 510. The van der Waals surface area contributed by atoms with Crippen molar-refractivity contribution in [2.75, 3.05) is 6.54 Å². The lowest BCUT2D eigenvalue weighted by atomic mass is 10.0. The highest BCUT2D eigenvalue weighted by atomic mass is 32.2. The molecule has 0 aromatic heterocycles. The van der Waals surface area contributed by atoms with Gasteiger partial charge < -0.3 is 5.11 Å². The summed E-state index contributed by atoms with van der Waals surface area (Å²) < 4.78 is 26.9. The zero-order valence-electron chi connectivity index (χ0n) is 11.2. The van der Waals surface area contributed by atoms with Crippen LogP contribution >= 0.6 is 0 Å². The van der Waals surface area contributed by atoms with E-state index >= 15 is 0 Å². The van der Waals surface area contributed by atoms with Crippen LogP contribution in [-0.4, -0.2) is 30.4 Å². The van der Waals surface area contributed by atoms with E-state index in [0.717, 1.165) is 31.2 Å². The summed E-state index contributed by atoms with van der Waals surface area (Å²) in [6.45, 7) is 2.58. The third-order valence-electron chi connectivity index (χ3n) is 3.76. The fraction of sp³-hybridized carbons (Fsp3) is 0.571. The molecule has 1 saturated heterocycles. The Morgan fingerprint density at radius 3 is 2.53 bits per heavy atom. The number of aliphatic hydroxyl groups is 1. The molecule has 0 radical (unpaired) electrons. The second-order valence-corrected chi connectivity index (χ2v) is 6.87. The average molecular weight is 283 g/mol. The van der Waals surface area contributed by atoms with Crippen molar-refractivity contribution in [3.8, 4) is 0 Å². The van der Waals surface area contributed by atoms with Crippen LogP contribution in [0.4, 0.5) is 0 Å². The van der Waals surface area contributed by atoms with Crippen molar-refractivity contribution < 1.29 is 13.5 Å². The molecule has 1 atom stereocenters. The quantitative estimate of drug-likeness (QED) is 0.921. The van der Waals surface area contributed by atoms with E-state index < -0.39 is 10.0 Å². The molecule has 5 heteroatoms. The van der Waals surface area contributed by atoms with Crippen molar-refractivity contribution in [3.63, 3.8) is 0 Å². The highest BCUT2D eigenvalue weighted by molar-refractivity contribution is 7.89. The first kappa shape index (κ1) is 14.5. The lowest BCUT2D eigenvalue weighted by Crippen LogP contribution is -2.43. The molecule has 2 rings (SSSR count). The van der Waals surface area contributed by atoms with Crippen molar-refractivity contribution >= 4 is 10.0 Å². The smallest absolute Gasteiger partial charge is 0.243 e. The van der Waals surface area contributed by atoms with Crippen molar-refractivity contribution in [3.05, 3.63) is 29.8 Å². The summed E-state index contributed by atoms with van der Waals surface area (Å²) in [4.78, 5) is 0.324. The monoisotopic (exact) mass is 283 g/mol. The highest BCUT2D eigenvalue weighted by Crippen LogP contribution is 2.27. The van der Waals surface area contributed by atoms with Crippen molar-refractivity contribution in [1.29, 1.82) is 0 Å². The van der Waals surface area contributed by atoms with E-state index in [1.165, 1.54) is 0 Å². The van der Waals surface area contributed by atoms with Gasteiger partial charge in [-0.2, -0.15) is 4.31 Å². The van der Waals surface area contributed by atoms with E-state index in [1.54, 1.807) is 28.6 Å². The fourth-order valence-corrected chi connectivity index (χ4v) is 4.37. The first-order chi connectivity index (χ1) is 9.09. The number of rotatable bonds is 4. The van der Waals surface area contributed by atoms with Crippen LogP contribution in [0.3, 0.4) is 0 Å².